The van der Waals surface area contributed by atoms with E-state index in [0.29, 0.717) is 38.3 Å². The van der Waals surface area contributed by atoms with Gasteiger partial charge in [0.2, 0.25) is 10.0 Å². The van der Waals surface area contributed by atoms with Crippen molar-refractivity contribution in [3.63, 3.8) is 0 Å². The molecule has 0 aliphatic carbocycles. The third kappa shape index (κ3) is 6.13. The molecule has 0 saturated carbocycles. The van der Waals surface area contributed by atoms with Crippen LogP contribution in [0, 0.1) is 0 Å². The molecule has 0 aromatic heterocycles. The molecule has 33 heavy (non-hydrogen) atoms. The molecule has 8 heteroatoms. The molecule has 0 unspecified atom stereocenters. The Morgan fingerprint density at radius 2 is 1.52 bits per heavy atom. The lowest BCUT2D eigenvalue weighted by Crippen LogP contribution is -2.49. The Balaban J connectivity index is 1.31. The van der Waals surface area contributed by atoms with Crippen LogP contribution in [0.25, 0.3) is 0 Å². The van der Waals surface area contributed by atoms with E-state index in [1.165, 1.54) is 0 Å². The molecule has 178 valence electrons. The zero-order valence-corrected chi connectivity index (χ0v) is 19.9. The second-order valence-electron chi connectivity index (χ2n) is 8.64. The number of piperazine rings is 1. The van der Waals surface area contributed by atoms with Crippen LogP contribution in [-0.2, 0) is 10.0 Å². The number of sulfonamides is 1. The number of nitrogens with zero attached hydrogens (tertiary/aromatic N) is 3. The van der Waals surface area contributed by atoms with E-state index in [4.69, 9.17) is 4.74 Å². The average Bonchev–Trinajstić information content (AvgIpc) is 3.15. The number of amides is 1. The van der Waals surface area contributed by atoms with E-state index in [1.807, 2.05) is 35.2 Å². The van der Waals surface area contributed by atoms with E-state index in [2.05, 4.69) is 4.90 Å². The molecule has 0 N–H and O–H groups in total. The van der Waals surface area contributed by atoms with Gasteiger partial charge in [0.1, 0.15) is 12.4 Å². The second-order valence-corrected chi connectivity index (χ2v) is 10.6. The molecule has 0 atom stereocenters. The van der Waals surface area contributed by atoms with E-state index in [0.717, 1.165) is 51.1 Å². The maximum absolute atomic E-state index is 13.1. The summed E-state index contributed by atoms with van der Waals surface area (Å²) in [4.78, 5) is 17.4. The first-order valence-electron chi connectivity index (χ1n) is 11.8. The monoisotopic (exact) mass is 471 g/mol. The van der Waals surface area contributed by atoms with Crippen LogP contribution in [0.5, 0.6) is 5.75 Å². The Kier molecular flexibility index (Phi) is 8.01. The molecule has 0 spiro atoms. The smallest absolute Gasteiger partial charge is 0.253 e. The summed E-state index contributed by atoms with van der Waals surface area (Å²) in [6.45, 7) is 5.30. The first-order chi connectivity index (χ1) is 16.0. The van der Waals surface area contributed by atoms with Gasteiger partial charge < -0.3 is 9.64 Å². The molecule has 2 aromatic carbocycles. The topological polar surface area (TPSA) is 70.2 Å². The molecule has 2 aliphatic rings. The summed E-state index contributed by atoms with van der Waals surface area (Å²) in [5, 5.41) is 0. The summed E-state index contributed by atoms with van der Waals surface area (Å²) < 4.78 is 33.6. The summed E-state index contributed by atoms with van der Waals surface area (Å²) in [7, 11) is -3.57. The van der Waals surface area contributed by atoms with Crippen LogP contribution in [0.15, 0.2) is 59.5 Å². The zero-order valence-electron chi connectivity index (χ0n) is 19.1. The van der Waals surface area contributed by atoms with Gasteiger partial charge in [-0.05, 0) is 43.2 Å². The van der Waals surface area contributed by atoms with Crippen molar-refractivity contribution in [1.29, 1.82) is 0 Å². The lowest BCUT2D eigenvalue weighted by Gasteiger charge is -2.34. The molecular weight excluding hydrogens is 438 g/mol. The van der Waals surface area contributed by atoms with Gasteiger partial charge in [-0.3, -0.25) is 9.69 Å². The fraction of sp³-hybridized carbons (Fsp3) is 0.480. The number of carbonyl (C=O) groups is 1. The highest BCUT2D eigenvalue weighted by atomic mass is 32.2. The zero-order chi connectivity index (χ0) is 23.1. The Morgan fingerprint density at radius 3 is 2.21 bits per heavy atom. The number of hydrogen-bond acceptors (Lipinski definition) is 5. The minimum absolute atomic E-state index is 0.108. The second kappa shape index (κ2) is 11.1. The maximum Gasteiger partial charge on any atom is 0.253 e. The predicted octanol–water partition coefficient (Wildman–Crippen LogP) is 3.09. The van der Waals surface area contributed by atoms with Gasteiger partial charge >= 0.3 is 0 Å². The molecular formula is C25H33N3O4S. The van der Waals surface area contributed by atoms with Crippen molar-refractivity contribution in [2.75, 3.05) is 52.4 Å². The van der Waals surface area contributed by atoms with Crippen molar-refractivity contribution in [3.05, 3.63) is 60.2 Å². The quantitative estimate of drug-likeness (QED) is 0.621. The third-order valence-corrected chi connectivity index (χ3v) is 8.26. The number of ether oxygens (including phenoxy) is 1. The molecule has 4 rings (SSSR count). The van der Waals surface area contributed by atoms with Crippen LogP contribution in [0.3, 0.4) is 0 Å². The summed E-state index contributed by atoms with van der Waals surface area (Å²) in [5.41, 5.74) is 0.437. The fourth-order valence-electron chi connectivity index (χ4n) is 4.39. The highest BCUT2D eigenvalue weighted by Crippen LogP contribution is 2.22. The summed E-state index contributed by atoms with van der Waals surface area (Å²) >= 11 is 0. The largest absolute Gasteiger partial charge is 0.492 e. The third-order valence-electron chi connectivity index (χ3n) is 6.36. The predicted molar refractivity (Wildman–Crippen MR) is 128 cm³/mol. The van der Waals surface area contributed by atoms with E-state index >= 15 is 0 Å². The first-order valence-corrected chi connectivity index (χ1v) is 13.3. The van der Waals surface area contributed by atoms with Crippen molar-refractivity contribution in [2.45, 2.75) is 30.6 Å². The van der Waals surface area contributed by atoms with Crippen LogP contribution in [0.1, 0.15) is 36.0 Å². The SMILES string of the molecule is O=C(c1cccc(S(=O)(=O)N2CCCCCC2)c1)N1CCN(CCOc2ccccc2)CC1. The lowest BCUT2D eigenvalue weighted by molar-refractivity contribution is 0.0620. The molecule has 2 aliphatic heterocycles. The minimum atomic E-state index is -3.57. The van der Waals surface area contributed by atoms with Crippen LogP contribution in [-0.4, -0.2) is 80.9 Å². The van der Waals surface area contributed by atoms with Gasteiger partial charge in [-0.1, -0.05) is 37.1 Å². The van der Waals surface area contributed by atoms with Gasteiger partial charge in [-0.25, -0.2) is 8.42 Å². The Labute approximate surface area is 197 Å². The standard InChI is InChI=1S/C25H33N3O4S/c29-25(27-17-15-26(16-18-27)19-20-32-23-10-4-3-5-11-23)22-9-8-12-24(21-22)33(30,31)28-13-6-1-2-7-14-28/h3-5,8-12,21H,1-2,6-7,13-20H2. The minimum Gasteiger partial charge on any atom is -0.492 e. The van der Waals surface area contributed by atoms with Crippen LogP contribution >= 0.6 is 0 Å². The van der Waals surface area contributed by atoms with E-state index in [9.17, 15) is 13.2 Å². The lowest BCUT2D eigenvalue weighted by atomic mass is 10.2. The number of benzene rings is 2. The van der Waals surface area contributed by atoms with Crippen molar-refractivity contribution >= 4 is 15.9 Å². The van der Waals surface area contributed by atoms with Gasteiger partial charge in [-0.15, -0.1) is 0 Å². The van der Waals surface area contributed by atoms with Gasteiger partial charge in [0.25, 0.3) is 5.91 Å². The van der Waals surface area contributed by atoms with E-state index < -0.39 is 10.0 Å². The Bertz CT molecular complexity index is 1010. The molecule has 2 saturated heterocycles. The molecule has 0 radical (unpaired) electrons. The van der Waals surface area contributed by atoms with E-state index in [1.54, 1.807) is 28.6 Å². The van der Waals surface area contributed by atoms with Crippen LogP contribution in [0.2, 0.25) is 0 Å². The van der Waals surface area contributed by atoms with Gasteiger partial charge in [0.15, 0.2) is 0 Å². The van der Waals surface area contributed by atoms with Crippen molar-refractivity contribution in [2.24, 2.45) is 0 Å². The van der Waals surface area contributed by atoms with E-state index in [-0.39, 0.29) is 10.8 Å². The summed E-state index contributed by atoms with van der Waals surface area (Å²) in [6.07, 6.45) is 3.90. The molecule has 1 amide bonds. The summed E-state index contributed by atoms with van der Waals surface area (Å²) in [6, 6.07) is 16.3. The van der Waals surface area contributed by atoms with Crippen LogP contribution in [0.4, 0.5) is 0 Å². The van der Waals surface area contributed by atoms with Gasteiger partial charge in [-0.2, -0.15) is 4.31 Å². The van der Waals surface area contributed by atoms with Crippen molar-refractivity contribution in [3.8, 4) is 5.75 Å². The molecule has 2 aromatic rings. The number of rotatable bonds is 7. The number of hydrogen-bond donors (Lipinski definition) is 0. The Morgan fingerprint density at radius 1 is 0.818 bits per heavy atom. The maximum atomic E-state index is 13.1. The molecule has 2 fully saturated rings. The average molecular weight is 472 g/mol. The molecule has 2 heterocycles. The van der Waals surface area contributed by atoms with Crippen LogP contribution < -0.4 is 4.74 Å². The molecule has 0 bridgehead atoms. The molecule has 7 nitrogen and oxygen atoms in total. The fourth-order valence-corrected chi connectivity index (χ4v) is 5.95. The Hall–Kier alpha value is -2.42. The normalized spacial score (nSPS) is 18.6. The number of para-hydroxylation sites is 1. The van der Waals surface area contributed by atoms with Gasteiger partial charge in [0.05, 0.1) is 4.90 Å². The highest BCUT2D eigenvalue weighted by molar-refractivity contribution is 7.89. The van der Waals surface area contributed by atoms with Crippen molar-refractivity contribution < 1.29 is 17.9 Å². The highest BCUT2D eigenvalue weighted by Gasteiger charge is 2.27. The first kappa shape index (κ1) is 23.7. The van der Waals surface area contributed by atoms with Gasteiger partial charge in [0, 0.05) is 51.4 Å². The summed E-state index contributed by atoms with van der Waals surface area (Å²) in [5.74, 6) is 0.754. The van der Waals surface area contributed by atoms with Crippen molar-refractivity contribution in [1.82, 2.24) is 14.1 Å². The number of carbonyl (C=O) groups excluding carboxylic acids is 1.